The van der Waals surface area contributed by atoms with Crippen molar-refractivity contribution in [3.05, 3.63) is 52.2 Å². The molecule has 2 amide bonds. The Hall–Kier alpha value is -2.23. The van der Waals surface area contributed by atoms with Gasteiger partial charge in [0.25, 0.3) is 5.91 Å². The van der Waals surface area contributed by atoms with Crippen LogP contribution in [0.1, 0.15) is 17.5 Å². The van der Waals surface area contributed by atoms with E-state index in [2.05, 4.69) is 10.9 Å². The maximum atomic E-state index is 12.4. The molecule has 2 rings (SSSR count). The van der Waals surface area contributed by atoms with Crippen molar-refractivity contribution in [2.75, 3.05) is 13.6 Å². The molecule has 26 heavy (non-hydrogen) atoms. The maximum absolute atomic E-state index is 12.4. The van der Waals surface area contributed by atoms with E-state index < -0.39 is 22.5 Å². The fourth-order valence-corrected chi connectivity index (χ4v) is 3.94. The Kier molecular flexibility index (Phi) is 6.90. The molecule has 0 saturated carbocycles. The van der Waals surface area contributed by atoms with E-state index >= 15 is 0 Å². The number of carbonyl (C=O) groups excluding carboxylic acids is 2. The zero-order chi connectivity index (χ0) is 19.2. The number of thiophene rings is 1. The summed E-state index contributed by atoms with van der Waals surface area (Å²) >= 11 is 1.55. The summed E-state index contributed by atoms with van der Waals surface area (Å²) in [5.41, 5.74) is 6.52. The Morgan fingerprint density at radius 1 is 1.08 bits per heavy atom. The number of hydrogen-bond donors (Lipinski definition) is 2. The van der Waals surface area contributed by atoms with Gasteiger partial charge in [0.15, 0.2) is 0 Å². The molecule has 0 aliphatic carbocycles. The average molecular weight is 396 g/mol. The zero-order valence-electron chi connectivity index (χ0n) is 14.6. The summed E-state index contributed by atoms with van der Waals surface area (Å²) in [6.45, 7) is 1.45. The molecule has 0 fully saturated rings. The second-order valence-corrected chi connectivity index (χ2v) is 8.63. The molecule has 0 bridgehead atoms. The predicted molar refractivity (Wildman–Crippen MR) is 99.9 cm³/mol. The Labute approximate surface area is 157 Å². The minimum atomic E-state index is -3.77. The normalized spacial score (nSPS) is 11.3. The lowest BCUT2D eigenvalue weighted by Crippen LogP contribution is -2.46. The van der Waals surface area contributed by atoms with Gasteiger partial charge in [0.1, 0.15) is 0 Å². The monoisotopic (exact) mass is 395 g/mol. The molecule has 1 heterocycles. The van der Waals surface area contributed by atoms with Gasteiger partial charge in [0, 0.05) is 13.5 Å². The molecule has 9 heteroatoms. The number of nitrogens with zero attached hydrogens (tertiary/aromatic N) is 1. The summed E-state index contributed by atoms with van der Waals surface area (Å²) in [5, 5.41) is 3.89. The molecule has 1 aromatic carbocycles. The van der Waals surface area contributed by atoms with E-state index in [0.29, 0.717) is 6.42 Å². The van der Waals surface area contributed by atoms with Crippen molar-refractivity contribution in [3.8, 4) is 0 Å². The SMILES string of the molecule is Cc1ccc(S(=O)(=O)N(C)CC(=O)NNC(=O)CCc2ccsc2)cc1. The molecule has 0 unspecified atom stereocenters. The van der Waals surface area contributed by atoms with Crippen LogP contribution < -0.4 is 10.9 Å². The van der Waals surface area contributed by atoms with Gasteiger partial charge < -0.3 is 0 Å². The van der Waals surface area contributed by atoms with Crippen LogP contribution in [0.25, 0.3) is 0 Å². The fraction of sp³-hybridized carbons (Fsp3) is 0.294. The first-order valence-corrected chi connectivity index (χ1v) is 10.3. The van der Waals surface area contributed by atoms with Crippen LogP contribution >= 0.6 is 11.3 Å². The molecule has 0 aliphatic heterocycles. The van der Waals surface area contributed by atoms with Crippen LogP contribution in [-0.4, -0.2) is 38.1 Å². The van der Waals surface area contributed by atoms with Gasteiger partial charge in [-0.25, -0.2) is 8.42 Å². The Bertz CT molecular complexity index is 847. The first-order chi connectivity index (χ1) is 12.3. The van der Waals surface area contributed by atoms with Crippen molar-refractivity contribution < 1.29 is 18.0 Å². The molecular weight excluding hydrogens is 374 g/mol. The summed E-state index contributed by atoms with van der Waals surface area (Å²) in [6.07, 6.45) is 0.807. The summed E-state index contributed by atoms with van der Waals surface area (Å²) in [6, 6.07) is 8.29. The summed E-state index contributed by atoms with van der Waals surface area (Å²) in [4.78, 5) is 23.7. The number of benzene rings is 1. The van der Waals surface area contributed by atoms with E-state index in [0.717, 1.165) is 15.4 Å². The molecule has 2 aromatic rings. The third kappa shape index (κ3) is 5.65. The zero-order valence-corrected chi connectivity index (χ0v) is 16.2. The van der Waals surface area contributed by atoms with E-state index in [1.165, 1.54) is 19.2 Å². The molecular formula is C17H21N3O4S2. The van der Waals surface area contributed by atoms with Crippen LogP contribution in [0, 0.1) is 6.92 Å². The van der Waals surface area contributed by atoms with Crippen molar-refractivity contribution >= 4 is 33.2 Å². The van der Waals surface area contributed by atoms with Gasteiger partial charge in [0.05, 0.1) is 11.4 Å². The van der Waals surface area contributed by atoms with Crippen LogP contribution in [0.4, 0.5) is 0 Å². The number of amides is 2. The van der Waals surface area contributed by atoms with Gasteiger partial charge in [-0.3, -0.25) is 20.4 Å². The molecule has 7 nitrogen and oxygen atoms in total. The van der Waals surface area contributed by atoms with E-state index in [1.54, 1.807) is 23.5 Å². The summed E-state index contributed by atoms with van der Waals surface area (Å²) in [5.74, 6) is -0.958. The number of rotatable bonds is 7. The van der Waals surface area contributed by atoms with Gasteiger partial charge in [-0.05, 0) is 47.9 Å². The molecule has 0 radical (unpaired) electrons. The smallest absolute Gasteiger partial charge is 0.253 e. The lowest BCUT2D eigenvalue weighted by atomic mass is 10.2. The lowest BCUT2D eigenvalue weighted by Gasteiger charge is -2.17. The largest absolute Gasteiger partial charge is 0.273 e. The predicted octanol–water partition coefficient (Wildman–Crippen LogP) is 1.46. The molecule has 0 saturated heterocycles. The van der Waals surface area contributed by atoms with Crippen molar-refractivity contribution in [2.45, 2.75) is 24.7 Å². The summed E-state index contributed by atoms with van der Waals surface area (Å²) < 4.78 is 25.8. The summed E-state index contributed by atoms with van der Waals surface area (Å²) in [7, 11) is -2.46. The molecule has 0 aliphatic rings. The van der Waals surface area contributed by atoms with Crippen molar-refractivity contribution in [3.63, 3.8) is 0 Å². The van der Waals surface area contributed by atoms with Crippen LogP contribution in [0.2, 0.25) is 0 Å². The lowest BCUT2D eigenvalue weighted by molar-refractivity contribution is -0.128. The highest BCUT2D eigenvalue weighted by Gasteiger charge is 2.22. The molecule has 2 N–H and O–H groups in total. The third-order valence-electron chi connectivity index (χ3n) is 3.66. The number of nitrogens with one attached hydrogen (secondary N) is 2. The van der Waals surface area contributed by atoms with Crippen LogP contribution in [0.3, 0.4) is 0 Å². The molecule has 1 aromatic heterocycles. The Balaban J connectivity index is 1.80. The highest BCUT2D eigenvalue weighted by molar-refractivity contribution is 7.89. The Morgan fingerprint density at radius 2 is 1.73 bits per heavy atom. The van der Waals surface area contributed by atoms with E-state index in [4.69, 9.17) is 0 Å². The molecule has 0 atom stereocenters. The highest BCUT2D eigenvalue weighted by Crippen LogP contribution is 2.14. The number of aryl methyl sites for hydroxylation is 2. The second-order valence-electron chi connectivity index (χ2n) is 5.80. The van der Waals surface area contributed by atoms with Crippen molar-refractivity contribution in [1.82, 2.24) is 15.2 Å². The molecule has 140 valence electrons. The van der Waals surface area contributed by atoms with E-state index in [1.807, 2.05) is 23.8 Å². The minimum absolute atomic E-state index is 0.109. The van der Waals surface area contributed by atoms with Gasteiger partial charge in [0.2, 0.25) is 15.9 Å². The van der Waals surface area contributed by atoms with Crippen LogP contribution in [0.15, 0.2) is 46.0 Å². The minimum Gasteiger partial charge on any atom is -0.273 e. The second kappa shape index (κ2) is 8.93. The van der Waals surface area contributed by atoms with Gasteiger partial charge in [-0.1, -0.05) is 17.7 Å². The van der Waals surface area contributed by atoms with Gasteiger partial charge in [-0.2, -0.15) is 15.6 Å². The fourth-order valence-electron chi connectivity index (χ4n) is 2.11. The first-order valence-electron chi connectivity index (χ1n) is 7.91. The van der Waals surface area contributed by atoms with Crippen LogP contribution in [0.5, 0.6) is 0 Å². The van der Waals surface area contributed by atoms with E-state index in [-0.39, 0.29) is 17.2 Å². The van der Waals surface area contributed by atoms with Crippen molar-refractivity contribution in [1.29, 1.82) is 0 Å². The number of likely N-dealkylation sites (N-methyl/N-ethyl adjacent to an activating group) is 1. The van der Waals surface area contributed by atoms with E-state index in [9.17, 15) is 18.0 Å². The highest BCUT2D eigenvalue weighted by atomic mass is 32.2. The standard InChI is InChI=1S/C17H21N3O4S2/c1-13-3-6-15(7-4-13)26(23,24)20(2)11-17(22)19-18-16(21)8-5-14-9-10-25-12-14/h3-4,6-7,9-10,12H,5,8,11H2,1-2H3,(H,18,21)(H,19,22). The van der Waals surface area contributed by atoms with Crippen molar-refractivity contribution in [2.24, 2.45) is 0 Å². The topological polar surface area (TPSA) is 95.6 Å². The number of hydrogen-bond acceptors (Lipinski definition) is 5. The number of sulfonamides is 1. The average Bonchev–Trinajstić information content (AvgIpc) is 3.12. The van der Waals surface area contributed by atoms with Crippen LogP contribution in [-0.2, 0) is 26.0 Å². The maximum Gasteiger partial charge on any atom is 0.253 e. The first kappa shape index (κ1) is 20.1. The van der Waals surface area contributed by atoms with Gasteiger partial charge in [-0.15, -0.1) is 0 Å². The number of hydrazine groups is 1. The quantitative estimate of drug-likeness (QED) is 0.694. The Morgan fingerprint density at radius 3 is 2.35 bits per heavy atom. The van der Waals surface area contributed by atoms with Gasteiger partial charge >= 0.3 is 0 Å². The molecule has 0 spiro atoms. The number of carbonyl (C=O) groups is 2. The third-order valence-corrected chi connectivity index (χ3v) is 6.21.